The van der Waals surface area contributed by atoms with E-state index in [1.165, 1.54) is 28.0 Å². The Hall–Kier alpha value is -3.86. The summed E-state index contributed by atoms with van der Waals surface area (Å²) < 4.78 is 12.0. The summed E-state index contributed by atoms with van der Waals surface area (Å²) in [6.45, 7) is 5.06. The molecule has 1 N–H and O–H groups in total. The number of thioether (sulfide) groups is 1. The number of carbonyl (C=O) groups is 2. The van der Waals surface area contributed by atoms with Gasteiger partial charge in [0.1, 0.15) is 17.3 Å². The van der Waals surface area contributed by atoms with Crippen molar-refractivity contribution in [3.63, 3.8) is 0 Å². The van der Waals surface area contributed by atoms with Crippen LogP contribution in [0.2, 0.25) is 5.02 Å². The number of aliphatic hydroxyl groups excluding tert-OH is 1. The van der Waals surface area contributed by atoms with Crippen LogP contribution < -0.4 is 14.4 Å². The number of hydrogen-bond acceptors (Lipinski definition) is 9. The molecule has 0 aliphatic carbocycles. The van der Waals surface area contributed by atoms with Gasteiger partial charge in [-0.25, -0.2) is 0 Å². The standard InChI is InChI=1S/C32H30ClN3O5S2/c1-3-5-18-41-25-16-10-22(11-17-25)28(37)26-27(21-8-14-24(15-9-21)40-4-2)36(30(39)29(26)38)31-34-35-32(43-31)42-19-20-6-12-23(33)13-7-20/h6-17,27,37H,3-5,18-19H2,1-2H3/b28-26+. The second-order valence-electron chi connectivity index (χ2n) is 9.66. The number of Topliss-reactive ketones (excluding diaryl/α,β-unsaturated/α-hetero) is 1. The molecule has 1 aromatic heterocycles. The maximum absolute atomic E-state index is 13.5. The van der Waals surface area contributed by atoms with E-state index >= 15 is 0 Å². The molecule has 1 unspecified atom stereocenters. The SMILES string of the molecule is CCCCOc1ccc(/C(O)=C2\C(=O)C(=O)N(c3nnc(SCc4ccc(Cl)cc4)s3)C2c2ccc(OCC)cc2)cc1. The summed E-state index contributed by atoms with van der Waals surface area (Å²) in [5.41, 5.74) is 2.05. The van der Waals surface area contributed by atoms with Gasteiger partial charge in [0.05, 0.1) is 24.8 Å². The lowest BCUT2D eigenvalue weighted by Crippen LogP contribution is -2.29. The average molecular weight is 636 g/mol. The van der Waals surface area contributed by atoms with Crippen molar-refractivity contribution in [3.05, 3.63) is 100 Å². The molecule has 5 rings (SSSR count). The van der Waals surface area contributed by atoms with Gasteiger partial charge in [0.2, 0.25) is 5.13 Å². The van der Waals surface area contributed by atoms with Crippen LogP contribution in [0.5, 0.6) is 11.5 Å². The minimum absolute atomic E-state index is 0.0284. The van der Waals surface area contributed by atoms with Crippen molar-refractivity contribution >= 4 is 57.3 Å². The highest BCUT2D eigenvalue weighted by molar-refractivity contribution is 8.00. The summed E-state index contributed by atoms with van der Waals surface area (Å²) >= 11 is 8.67. The summed E-state index contributed by atoms with van der Waals surface area (Å²) in [7, 11) is 0. The number of nitrogens with zero attached hydrogens (tertiary/aromatic N) is 3. The normalized spacial score (nSPS) is 16.1. The van der Waals surface area contributed by atoms with E-state index < -0.39 is 17.7 Å². The Balaban J connectivity index is 1.48. The highest BCUT2D eigenvalue weighted by Gasteiger charge is 2.48. The van der Waals surface area contributed by atoms with Gasteiger partial charge in [-0.05, 0) is 73.0 Å². The van der Waals surface area contributed by atoms with E-state index in [0.29, 0.717) is 51.0 Å². The second kappa shape index (κ2) is 14.1. The lowest BCUT2D eigenvalue weighted by Gasteiger charge is -2.22. The lowest BCUT2D eigenvalue weighted by atomic mass is 9.95. The Bertz CT molecular complexity index is 1610. The van der Waals surface area contributed by atoms with Crippen molar-refractivity contribution < 1.29 is 24.2 Å². The zero-order chi connectivity index (χ0) is 30.3. The van der Waals surface area contributed by atoms with Gasteiger partial charge in [-0.15, -0.1) is 10.2 Å². The van der Waals surface area contributed by atoms with Crippen molar-refractivity contribution in [3.8, 4) is 11.5 Å². The molecule has 1 fully saturated rings. The van der Waals surface area contributed by atoms with Crippen LogP contribution in [-0.2, 0) is 15.3 Å². The summed E-state index contributed by atoms with van der Waals surface area (Å²) in [5.74, 6) is 0.0763. The third-order valence-corrected chi connectivity index (χ3v) is 9.10. The number of carbonyl (C=O) groups excluding carboxylic acids is 2. The topological polar surface area (TPSA) is 102 Å². The molecule has 4 aromatic rings. The first-order valence-corrected chi connectivity index (χ1v) is 16.0. The minimum atomic E-state index is -0.918. The van der Waals surface area contributed by atoms with Crippen molar-refractivity contribution in [1.29, 1.82) is 0 Å². The summed E-state index contributed by atoms with van der Waals surface area (Å²) in [6.07, 6.45) is 1.95. The number of ketones is 1. The molecule has 1 aliphatic heterocycles. The number of amides is 1. The number of anilines is 1. The van der Waals surface area contributed by atoms with Crippen LogP contribution >= 0.6 is 34.7 Å². The molecule has 8 nitrogen and oxygen atoms in total. The molecule has 11 heteroatoms. The van der Waals surface area contributed by atoms with E-state index in [1.807, 2.05) is 31.2 Å². The van der Waals surface area contributed by atoms with E-state index in [-0.39, 0.29) is 16.5 Å². The van der Waals surface area contributed by atoms with Crippen molar-refractivity contribution in [2.24, 2.45) is 0 Å². The molecule has 222 valence electrons. The average Bonchev–Trinajstić information content (AvgIpc) is 3.59. The number of aromatic nitrogens is 2. The number of aliphatic hydroxyl groups is 1. The van der Waals surface area contributed by atoms with Crippen LogP contribution in [0.15, 0.2) is 82.7 Å². The first-order chi connectivity index (χ1) is 20.9. The predicted octanol–water partition coefficient (Wildman–Crippen LogP) is 7.69. The second-order valence-corrected chi connectivity index (χ2v) is 12.3. The first kappa shape index (κ1) is 30.6. The smallest absolute Gasteiger partial charge is 0.301 e. The Morgan fingerprint density at radius 2 is 1.63 bits per heavy atom. The highest BCUT2D eigenvalue weighted by atomic mass is 35.5. The number of unbranched alkanes of at least 4 members (excludes halogenated alkanes) is 1. The van der Waals surface area contributed by atoms with Crippen LogP contribution in [0.1, 0.15) is 49.4 Å². The molecule has 0 saturated carbocycles. The van der Waals surface area contributed by atoms with Crippen LogP contribution in [0.3, 0.4) is 0 Å². The highest BCUT2D eigenvalue weighted by Crippen LogP contribution is 2.44. The quantitative estimate of drug-likeness (QED) is 0.0422. The fourth-order valence-electron chi connectivity index (χ4n) is 4.54. The molecule has 1 amide bonds. The fraction of sp³-hybridized carbons (Fsp3) is 0.250. The van der Waals surface area contributed by atoms with Crippen LogP contribution in [0, 0.1) is 0 Å². The van der Waals surface area contributed by atoms with Gasteiger partial charge in [-0.2, -0.15) is 0 Å². The summed E-state index contributed by atoms with van der Waals surface area (Å²) in [4.78, 5) is 28.4. The van der Waals surface area contributed by atoms with E-state index in [0.717, 1.165) is 18.4 Å². The molecule has 0 radical (unpaired) electrons. The minimum Gasteiger partial charge on any atom is -0.507 e. The zero-order valence-corrected chi connectivity index (χ0v) is 26.0. The molecule has 2 heterocycles. The molecule has 0 spiro atoms. The number of hydrogen-bond donors (Lipinski definition) is 1. The fourth-order valence-corrected chi connectivity index (χ4v) is 6.49. The van der Waals surface area contributed by atoms with Gasteiger partial charge in [0, 0.05) is 16.3 Å². The molecule has 3 aromatic carbocycles. The van der Waals surface area contributed by atoms with Crippen molar-refractivity contribution in [2.45, 2.75) is 42.8 Å². The van der Waals surface area contributed by atoms with E-state index in [2.05, 4.69) is 17.1 Å². The third kappa shape index (κ3) is 7.04. The largest absolute Gasteiger partial charge is 0.507 e. The van der Waals surface area contributed by atoms with Gasteiger partial charge < -0.3 is 14.6 Å². The first-order valence-electron chi connectivity index (χ1n) is 13.9. The van der Waals surface area contributed by atoms with Gasteiger partial charge >= 0.3 is 5.91 Å². The van der Waals surface area contributed by atoms with Gasteiger partial charge in [0.25, 0.3) is 5.78 Å². The van der Waals surface area contributed by atoms with Crippen LogP contribution in [0.25, 0.3) is 5.76 Å². The molecule has 0 bridgehead atoms. The molecule has 1 atom stereocenters. The van der Waals surface area contributed by atoms with E-state index in [4.69, 9.17) is 21.1 Å². The van der Waals surface area contributed by atoms with Crippen LogP contribution in [0.4, 0.5) is 5.13 Å². The van der Waals surface area contributed by atoms with Crippen molar-refractivity contribution in [1.82, 2.24) is 10.2 Å². The number of benzene rings is 3. The monoisotopic (exact) mass is 635 g/mol. The third-order valence-electron chi connectivity index (χ3n) is 6.72. The molecule has 1 aliphatic rings. The number of halogens is 1. The summed E-state index contributed by atoms with van der Waals surface area (Å²) in [6, 6.07) is 20.5. The van der Waals surface area contributed by atoms with Crippen molar-refractivity contribution in [2.75, 3.05) is 18.1 Å². The Labute approximate surface area is 263 Å². The molecular formula is C32H30ClN3O5S2. The number of rotatable bonds is 12. The maximum Gasteiger partial charge on any atom is 0.301 e. The van der Waals surface area contributed by atoms with Gasteiger partial charge in [-0.1, -0.05) is 72.3 Å². The lowest BCUT2D eigenvalue weighted by molar-refractivity contribution is -0.132. The molecule has 43 heavy (non-hydrogen) atoms. The predicted molar refractivity (Wildman–Crippen MR) is 170 cm³/mol. The summed E-state index contributed by atoms with van der Waals surface area (Å²) in [5, 5.41) is 20.9. The van der Waals surface area contributed by atoms with E-state index in [9.17, 15) is 14.7 Å². The maximum atomic E-state index is 13.5. The molecule has 1 saturated heterocycles. The van der Waals surface area contributed by atoms with Crippen LogP contribution in [-0.4, -0.2) is 40.2 Å². The molecular weight excluding hydrogens is 606 g/mol. The zero-order valence-electron chi connectivity index (χ0n) is 23.7. The Kier molecular flexibility index (Phi) is 10.0. The number of ether oxygens (including phenoxy) is 2. The van der Waals surface area contributed by atoms with E-state index in [1.54, 1.807) is 48.5 Å². The Morgan fingerprint density at radius 3 is 2.30 bits per heavy atom. The van der Waals surface area contributed by atoms with Gasteiger partial charge in [0.15, 0.2) is 4.34 Å². The van der Waals surface area contributed by atoms with Gasteiger partial charge in [-0.3, -0.25) is 14.5 Å². The Morgan fingerprint density at radius 1 is 0.953 bits per heavy atom.